The molecule has 0 aromatic heterocycles. The summed E-state index contributed by atoms with van der Waals surface area (Å²) in [7, 11) is 0. The lowest BCUT2D eigenvalue weighted by molar-refractivity contribution is 0.457. The number of hydrogen-bond donors (Lipinski definition) is 0. The summed E-state index contributed by atoms with van der Waals surface area (Å²) >= 11 is 5.69. The molecule has 0 aliphatic carbocycles. The summed E-state index contributed by atoms with van der Waals surface area (Å²) in [4.78, 5) is 0. The standard InChI is InChI=1S/C8H15PS/c10-9-5-1-3-8(7-9)4-2-6-9/h8H,1-7H2. The van der Waals surface area contributed by atoms with Gasteiger partial charge in [0.1, 0.15) is 0 Å². The third-order valence-corrected chi connectivity index (χ3v) is 7.93. The quantitative estimate of drug-likeness (QED) is 0.509. The van der Waals surface area contributed by atoms with Crippen LogP contribution in [-0.4, -0.2) is 18.5 Å². The molecule has 0 atom stereocenters. The van der Waals surface area contributed by atoms with Crippen LogP contribution in [0.3, 0.4) is 0 Å². The molecule has 0 amide bonds. The molecule has 0 aromatic carbocycles. The number of fused-ring (bicyclic) bond motifs is 2. The van der Waals surface area contributed by atoms with E-state index in [2.05, 4.69) is 0 Å². The third kappa shape index (κ3) is 1.31. The second kappa shape index (κ2) is 2.60. The van der Waals surface area contributed by atoms with Crippen molar-refractivity contribution in [3.05, 3.63) is 0 Å². The van der Waals surface area contributed by atoms with Crippen molar-refractivity contribution in [2.45, 2.75) is 25.7 Å². The SMILES string of the molecule is S=P12CCCC(CCC1)C2. The van der Waals surface area contributed by atoms with E-state index < -0.39 is 6.04 Å². The largest absolute Gasteiger partial charge is 0.0975 e. The van der Waals surface area contributed by atoms with E-state index >= 15 is 0 Å². The normalized spacial score (nSPS) is 47.0. The highest BCUT2D eigenvalue weighted by molar-refractivity contribution is 8.14. The Balaban J connectivity index is 2.14. The summed E-state index contributed by atoms with van der Waals surface area (Å²) in [6, 6.07) is -0.730. The van der Waals surface area contributed by atoms with Gasteiger partial charge in [0.15, 0.2) is 0 Å². The summed E-state index contributed by atoms with van der Waals surface area (Å²) in [6.45, 7) is 0. The fourth-order valence-electron chi connectivity index (χ4n) is 2.43. The maximum absolute atomic E-state index is 5.69. The molecule has 58 valence electrons. The van der Waals surface area contributed by atoms with E-state index in [4.69, 9.17) is 11.8 Å². The summed E-state index contributed by atoms with van der Waals surface area (Å²) in [5.74, 6) is 1.06. The van der Waals surface area contributed by atoms with Gasteiger partial charge in [0.05, 0.1) is 0 Å². The molecular weight excluding hydrogens is 159 g/mol. The summed E-state index contributed by atoms with van der Waals surface area (Å²) in [5, 5.41) is 0. The molecule has 2 aliphatic heterocycles. The highest BCUT2D eigenvalue weighted by atomic mass is 32.4. The number of hydrogen-bond acceptors (Lipinski definition) is 1. The molecule has 0 unspecified atom stereocenters. The predicted molar refractivity (Wildman–Crippen MR) is 50.8 cm³/mol. The first-order valence-corrected chi connectivity index (χ1v) is 7.71. The lowest BCUT2D eigenvalue weighted by Crippen LogP contribution is -2.21. The van der Waals surface area contributed by atoms with E-state index in [0.717, 1.165) is 5.92 Å². The smallest absolute Gasteiger partial charge is 0.0206 e. The van der Waals surface area contributed by atoms with Gasteiger partial charge in [0.25, 0.3) is 0 Å². The summed E-state index contributed by atoms with van der Waals surface area (Å²) < 4.78 is 0. The Hall–Kier alpha value is 0.650. The lowest BCUT2D eigenvalue weighted by Gasteiger charge is -2.37. The van der Waals surface area contributed by atoms with Crippen molar-refractivity contribution in [2.24, 2.45) is 5.92 Å². The van der Waals surface area contributed by atoms with Gasteiger partial charge in [0, 0.05) is 0 Å². The minimum atomic E-state index is -0.730. The zero-order chi connectivity index (χ0) is 7.03. The van der Waals surface area contributed by atoms with Crippen LogP contribution in [0.15, 0.2) is 0 Å². The molecule has 2 bridgehead atoms. The van der Waals surface area contributed by atoms with Gasteiger partial charge in [-0.1, -0.05) is 11.8 Å². The Kier molecular flexibility index (Phi) is 1.90. The molecule has 0 spiro atoms. The highest BCUT2D eigenvalue weighted by Crippen LogP contribution is 2.56. The molecule has 2 heteroatoms. The lowest BCUT2D eigenvalue weighted by atomic mass is 10.00. The van der Waals surface area contributed by atoms with Crippen LogP contribution < -0.4 is 0 Å². The average Bonchev–Trinajstić information content (AvgIpc) is 1.86. The van der Waals surface area contributed by atoms with E-state index in [1.54, 1.807) is 0 Å². The molecule has 2 rings (SSSR count). The molecule has 0 nitrogen and oxygen atoms in total. The molecule has 2 heterocycles. The van der Waals surface area contributed by atoms with Gasteiger partial charge in [0.2, 0.25) is 0 Å². The molecule has 2 fully saturated rings. The van der Waals surface area contributed by atoms with Crippen LogP contribution >= 0.6 is 6.04 Å². The van der Waals surface area contributed by atoms with E-state index in [-0.39, 0.29) is 0 Å². The Morgan fingerprint density at radius 1 is 1.10 bits per heavy atom. The highest BCUT2D eigenvalue weighted by Gasteiger charge is 2.30. The molecule has 0 N–H and O–H groups in total. The Morgan fingerprint density at radius 3 is 2.10 bits per heavy atom. The maximum atomic E-state index is 5.69. The minimum Gasteiger partial charge on any atom is -0.0975 e. The van der Waals surface area contributed by atoms with Gasteiger partial charge in [-0.15, -0.1) is 0 Å². The molecule has 0 aromatic rings. The Labute approximate surface area is 68.4 Å². The summed E-state index contributed by atoms with van der Waals surface area (Å²) in [5.41, 5.74) is 0. The molecule has 2 saturated heterocycles. The number of rotatable bonds is 0. The van der Waals surface area contributed by atoms with Crippen LogP contribution in [0.25, 0.3) is 0 Å². The van der Waals surface area contributed by atoms with Crippen molar-refractivity contribution in [3.63, 3.8) is 0 Å². The van der Waals surface area contributed by atoms with E-state index in [9.17, 15) is 0 Å². The van der Waals surface area contributed by atoms with Crippen LogP contribution in [0.4, 0.5) is 0 Å². The van der Waals surface area contributed by atoms with Crippen molar-refractivity contribution in [1.82, 2.24) is 0 Å². The molecule has 2 aliphatic rings. The monoisotopic (exact) mass is 174 g/mol. The molecule has 10 heavy (non-hydrogen) atoms. The first-order valence-electron chi connectivity index (χ1n) is 4.36. The van der Waals surface area contributed by atoms with Gasteiger partial charge in [-0.3, -0.25) is 0 Å². The zero-order valence-electron chi connectivity index (χ0n) is 6.38. The minimum absolute atomic E-state index is 0.730. The molecular formula is C8H15PS. The maximum Gasteiger partial charge on any atom is -0.0206 e. The van der Waals surface area contributed by atoms with E-state index in [1.807, 2.05) is 0 Å². The van der Waals surface area contributed by atoms with Crippen molar-refractivity contribution in [3.8, 4) is 0 Å². The zero-order valence-corrected chi connectivity index (χ0v) is 8.09. The second-order valence-corrected chi connectivity index (χ2v) is 9.54. The molecule has 0 radical (unpaired) electrons. The van der Waals surface area contributed by atoms with Crippen LogP contribution in [0.1, 0.15) is 25.7 Å². The molecule has 0 saturated carbocycles. The first-order chi connectivity index (χ1) is 4.79. The Bertz CT molecular complexity index is 162. The van der Waals surface area contributed by atoms with E-state index in [1.165, 1.54) is 44.2 Å². The fraction of sp³-hybridized carbons (Fsp3) is 1.00. The van der Waals surface area contributed by atoms with Gasteiger partial charge in [-0.2, -0.15) is 0 Å². The van der Waals surface area contributed by atoms with E-state index in [0.29, 0.717) is 0 Å². The van der Waals surface area contributed by atoms with Crippen molar-refractivity contribution >= 4 is 17.8 Å². The van der Waals surface area contributed by atoms with Crippen LogP contribution in [0, 0.1) is 5.92 Å². The van der Waals surface area contributed by atoms with Crippen LogP contribution in [0.2, 0.25) is 0 Å². The van der Waals surface area contributed by atoms with Gasteiger partial charge < -0.3 is 0 Å². The third-order valence-electron chi connectivity index (χ3n) is 2.95. The average molecular weight is 174 g/mol. The fourth-order valence-corrected chi connectivity index (χ4v) is 7.25. The first kappa shape index (κ1) is 7.31. The van der Waals surface area contributed by atoms with Crippen LogP contribution in [0.5, 0.6) is 0 Å². The second-order valence-electron chi connectivity index (χ2n) is 3.84. The summed E-state index contributed by atoms with van der Waals surface area (Å²) in [6.07, 6.45) is 10.3. The predicted octanol–water partition coefficient (Wildman–Crippen LogP) is 2.67. The van der Waals surface area contributed by atoms with Gasteiger partial charge in [-0.25, -0.2) is 0 Å². The van der Waals surface area contributed by atoms with Crippen molar-refractivity contribution in [2.75, 3.05) is 18.5 Å². The van der Waals surface area contributed by atoms with Crippen molar-refractivity contribution < 1.29 is 0 Å². The van der Waals surface area contributed by atoms with Crippen LogP contribution in [-0.2, 0) is 11.8 Å². The topological polar surface area (TPSA) is 0 Å². The Morgan fingerprint density at radius 2 is 1.70 bits per heavy atom. The van der Waals surface area contributed by atoms with Gasteiger partial charge in [-0.05, 0) is 56.1 Å². The van der Waals surface area contributed by atoms with Crippen molar-refractivity contribution in [1.29, 1.82) is 0 Å². The van der Waals surface area contributed by atoms with Gasteiger partial charge >= 0.3 is 0 Å².